The van der Waals surface area contributed by atoms with Gasteiger partial charge < -0.3 is 4.74 Å². The summed E-state index contributed by atoms with van der Waals surface area (Å²) >= 11 is 0. The van der Waals surface area contributed by atoms with Crippen LogP contribution >= 0.6 is 12.4 Å². The van der Waals surface area contributed by atoms with Crippen LogP contribution in [0.15, 0.2) is 48.5 Å². The lowest BCUT2D eigenvalue weighted by Crippen LogP contribution is -2.18. The van der Waals surface area contributed by atoms with E-state index >= 15 is 0 Å². The molecular weight excluding hydrogens is 386 g/mol. The van der Waals surface area contributed by atoms with E-state index in [9.17, 15) is 8.78 Å². The third-order valence-corrected chi connectivity index (χ3v) is 4.61. The summed E-state index contributed by atoms with van der Waals surface area (Å²) in [5.74, 6) is 1.18. The van der Waals surface area contributed by atoms with Crippen LogP contribution in [0.25, 0.3) is 22.8 Å². The molecule has 1 N–H and O–H groups in total. The normalized spacial score (nSPS) is 14.2. The van der Waals surface area contributed by atoms with Gasteiger partial charge in [-0.25, -0.2) is 4.98 Å². The Bertz CT molecular complexity index is 912. The van der Waals surface area contributed by atoms with Gasteiger partial charge in [-0.3, -0.25) is 10.00 Å². The Morgan fingerprint density at radius 3 is 2.57 bits per heavy atom. The highest BCUT2D eigenvalue weighted by Gasteiger charge is 2.14. The fourth-order valence-electron chi connectivity index (χ4n) is 3.35. The third kappa shape index (κ3) is 4.85. The van der Waals surface area contributed by atoms with E-state index in [2.05, 4.69) is 37.0 Å². The minimum absolute atomic E-state index is 0. The quantitative estimate of drug-likeness (QED) is 0.641. The number of nitrogens with one attached hydrogen (secondary N) is 1. The van der Waals surface area contributed by atoms with Crippen molar-refractivity contribution in [1.29, 1.82) is 0 Å². The molecule has 0 bridgehead atoms. The molecule has 0 aliphatic carbocycles. The standard InChI is InChI=1S/C20H20F2N4O.ClH/c21-20(22)27-17-8-4-7-16(12-17)19-23-18(24-25-19)15-6-3-5-14(11-15)13-26-9-1-2-10-26;/h3-8,11-12,20H,1-2,9-10,13H2,(H,23,24,25);1H. The van der Waals surface area contributed by atoms with Crippen LogP contribution in [0.3, 0.4) is 0 Å². The lowest BCUT2D eigenvalue weighted by molar-refractivity contribution is -0.0498. The zero-order chi connectivity index (χ0) is 18.6. The fraction of sp³-hybridized carbons (Fsp3) is 0.300. The number of halogens is 3. The van der Waals surface area contributed by atoms with Crippen molar-refractivity contribution in [2.24, 2.45) is 0 Å². The van der Waals surface area contributed by atoms with Gasteiger partial charge in [0, 0.05) is 17.7 Å². The predicted molar refractivity (Wildman–Crippen MR) is 106 cm³/mol. The molecule has 1 aromatic heterocycles. The molecule has 4 rings (SSSR count). The highest BCUT2D eigenvalue weighted by atomic mass is 35.5. The summed E-state index contributed by atoms with van der Waals surface area (Å²) in [6.07, 6.45) is 2.52. The largest absolute Gasteiger partial charge is 0.435 e. The molecule has 28 heavy (non-hydrogen) atoms. The molecule has 0 unspecified atom stereocenters. The van der Waals surface area contributed by atoms with Gasteiger partial charge in [-0.2, -0.15) is 13.9 Å². The SMILES string of the molecule is Cl.FC(F)Oc1cccc(-c2nc(-c3cccc(CN4CCCC4)c3)n[nH]2)c1. The summed E-state index contributed by atoms with van der Waals surface area (Å²) in [6, 6.07) is 14.6. The number of alkyl halides is 2. The summed E-state index contributed by atoms with van der Waals surface area (Å²) in [7, 11) is 0. The molecule has 1 aliphatic rings. The zero-order valence-corrected chi connectivity index (χ0v) is 16.0. The van der Waals surface area contributed by atoms with E-state index in [0.29, 0.717) is 17.2 Å². The lowest BCUT2D eigenvalue weighted by Gasteiger charge is -2.14. The number of benzene rings is 2. The van der Waals surface area contributed by atoms with Crippen LogP contribution < -0.4 is 4.74 Å². The maximum absolute atomic E-state index is 12.4. The number of nitrogens with zero attached hydrogens (tertiary/aromatic N) is 3. The van der Waals surface area contributed by atoms with E-state index in [4.69, 9.17) is 0 Å². The molecule has 0 radical (unpaired) electrons. The van der Waals surface area contributed by atoms with Crippen molar-refractivity contribution in [1.82, 2.24) is 20.1 Å². The minimum atomic E-state index is -2.86. The number of ether oxygens (including phenoxy) is 1. The number of likely N-dealkylation sites (tertiary alicyclic amines) is 1. The van der Waals surface area contributed by atoms with Crippen molar-refractivity contribution in [3.8, 4) is 28.5 Å². The van der Waals surface area contributed by atoms with Crippen molar-refractivity contribution in [2.45, 2.75) is 26.0 Å². The lowest BCUT2D eigenvalue weighted by atomic mass is 10.1. The first-order chi connectivity index (χ1) is 13.2. The van der Waals surface area contributed by atoms with Gasteiger partial charge in [0.15, 0.2) is 11.6 Å². The van der Waals surface area contributed by atoms with Crippen LogP contribution in [0.2, 0.25) is 0 Å². The molecule has 2 heterocycles. The van der Waals surface area contributed by atoms with Gasteiger partial charge in [0.25, 0.3) is 0 Å². The first-order valence-corrected chi connectivity index (χ1v) is 8.97. The molecule has 0 amide bonds. The first kappa shape index (κ1) is 20.2. The Morgan fingerprint density at radius 2 is 1.79 bits per heavy atom. The maximum Gasteiger partial charge on any atom is 0.387 e. The molecule has 0 saturated carbocycles. The molecular formula is C20H21ClF2N4O. The van der Waals surface area contributed by atoms with Gasteiger partial charge >= 0.3 is 6.61 Å². The van der Waals surface area contributed by atoms with Gasteiger partial charge in [-0.15, -0.1) is 12.4 Å². The molecule has 5 nitrogen and oxygen atoms in total. The number of hydrogen-bond donors (Lipinski definition) is 1. The molecule has 0 atom stereocenters. The summed E-state index contributed by atoms with van der Waals surface area (Å²) in [4.78, 5) is 6.96. The number of aromatic nitrogens is 3. The van der Waals surface area contributed by atoms with Gasteiger partial charge in [-0.1, -0.05) is 30.3 Å². The summed E-state index contributed by atoms with van der Waals surface area (Å²) in [6.45, 7) is 0.361. The van der Waals surface area contributed by atoms with Crippen LogP contribution in [-0.4, -0.2) is 39.8 Å². The van der Waals surface area contributed by atoms with E-state index in [1.54, 1.807) is 12.1 Å². The van der Waals surface area contributed by atoms with Crippen molar-refractivity contribution in [3.05, 3.63) is 54.1 Å². The Balaban J connectivity index is 0.00000225. The predicted octanol–water partition coefficient (Wildman–Crippen LogP) is 4.76. The third-order valence-electron chi connectivity index (χ3n) is 4.61. The zero-order valence-electron chi connectivity index (χ0n) is 15.1. The smallest absolute Gasteiger partial charge is 0.387 e. The Morgan fingerprint density at radius 1 is 1.04 bits per heavy atom. The molecule has 1 saturated heterocycles. The maximum atomic E-state index is 12.4. The van der Waals surface area contributed by atoms with E-state index in [-0.39, 0.29) is 18.2 Å². The summed E-state index contributed by atoms with van der Waals surface area (Å²) < 4.78 is 29.3. The summed E-state index contributed by atoms with van der Waals surface area (Å²) in [5, 5.41) is 7.17. The van der Waals surface area contributed by atoms with E-state index < -0.39 is 6.61 Å². The highest BCUT2D eigenvalue weighted by Crippen LogP contribution is 2.25. The second kappa shape index (κ2) is 9.12. The molecule has 3 aromatic rings. The second-order valence-corrected chi connectivity index (χ2v) is 6.60. The van der Waals surface area contributed by atoms with E-state index in [1.807, 2.05) is 12.1 Å². The van der Waals surface area contributed by atoms with Crippen molar-refractivity contribution in [2.75, 3.05) is 13.1 Å². The topological polar surface area (TPSA) is 54.0 Å². The van der Waals surface area contributed by atoms with E-state index in [1.165, 1.54) is 30.5 Å². The van der Waals surface area contributed by atoms with Crippen molar-refractivity contribution in [3.63, 3.8) is 0 Å². The van der Waals surface area contributed by atoms with Gasteiger partial charge in [0.1, 0.15) is 5.75 Å². The second-order valence-electron chi connectivity index (χ2n) is 6.60. The van der Waals surface area contributed by atoms with Gasteiger partial charge in [0.05, 0.1) is 0 Å². The Kier molecular flexibility index (Phi) is 6.59. The fourth-order valence-corrected chi connectivity index (χ4v) is 3.35. The number of hydrogen-bond acceptors (Lipinski definition) is 4. The van der Waals surface area contributed by atoms with Crippen LogP contribution in [0.5, 0.6) is 5.75 Å². The molecule has 2 aromatic carbocycles. The van der Waals surface area contributed by atoms with Crippen LogP contribution in [0.1, 0.15) is 18.4 Å². The molecule has 148 valence electrons. The number of rotatable bonds is 6. The molecule has 1 fully saturated rings. The average molecular weight is 407 g/mol. The molecule has 1 aliphatic heterocycles. The minimum Gasteiger partial charge on any atom is -0.435 e. The highest BCUT2D eigenvalue weighted by molar-refractivity contribution is 5.85. The molecule has 0 spiro atoms. The Labute approximate surface area is 168 Å². The van der Waals surface area contributed by atoms with Crippen molar-refractivity contribution >= 4 is 12.4 Å². The monoisotopic (exact) mass is 406 g/mol. The van der Waals surface area contributed by atoms with Crippen LogP contribution in [0, 0.1) is 0 Å². The number of H-pyrrole nitrogens is 1. The Hall–Kier alpha value is -2.51. The molecule has 8 heteroatoms. The first-order valence-electron chi connectivity index (χ1n) is 8.97. The summed E-state index contributed by atoms with van der Waals surface area (Å²) in [5.41, 5.74) is 2.79. The van der Waals surface area contributed by atoms with E-state index in [0.717, 1.165) is 25.2 Å². The van der Waals surface area contributed by atoms with Crippen LogP contribution in [-0.2, 0) is 6.54 Å². The number of aromatic amines is 1. The van der Waals surface area contributed by atoms with Gasteiger partial charge in [0.2, 0.25) is 0 Å². The van der Waals surface area contributed by atoms with Crippen molar-refractivity contribution < 1.29 is 13.5 Å². The van der Waals surface area contributed by atoms with Gasteiger partial charge in [-0.05, 0) is 49.7 Å². The van der Waals surface area contributed by atoms with Crippen LogP contribution in [0.4, 0.5) is 8.78 Å². The average Bonchev–Trinajstić information content (AvgIpc) is 3.33.